The first kappa shape index (κ1) is 27.8. The Balaban J connectivity index is 0.00000400. The summed E-state index contributed by atoms with van der Waals surface area (Å²) in [7, 11) is 3.05. The van der Waals surface area contributed by atoms with Crippen LogP contribution in [0.1, 0.15) is 39.5 Å². The van der Waals surface area contributed by atoms with E-state index >= 15 is 0 Å². The number of anilines is 2. The molecule has 0 unspecified atom stereocenters. The largest absolute Gasteiger partial charge is 0.493 e. The minimum Gasteiger partial charge on any atom is -0.493 e. The number of methoxy groups -OCH3 is 2. The first-order chi connectivity index (χ1) is 17.7. The van der Waals surface area contributed by atoms with E-state index in [2.05, 4.69) is 21.8 Å². The Labute approximate surface area is 224 Å². The summed E-state index contributed by atoms with van der Waals surface area (Å²) in [5.41, 5.74) is 14.0. The fraction of sp³-hybridized carbons (Fsp3) is 0.185. The van der Waals surface area contributed by atoms with Gasteiger partial charge in [0.05, 0.1) is 25.3 Å². The third kappa shape index (κ3) is 5.48. The Morgan fingerprint density at radius 3 is 2.53 bits per heavy atom. The number of ether oxygens (including phenoxy) is 2. The van der Waals surface area contributed by atoms with Crippen molar-refractivity contribution >= 4 is 41.0 Å². The molecule has 0 saturated heterocycles. The van der Waals surface area contributed by atoms with Gasteiger partial charge in [0.15, 0.2) is 11.5 Å². The number of rotatable bonds is 6. The minimum atomic E-state index is -1.27. The molecule has 4 aromatic rings. The molecule has 11 heteroatoms. The second kappa shape index (κ2) is 11.5. The summed E-state index contributed by atoms with van der Waals surface area (Å²) in [4.78, 5) is 32.4. The second-order valence-corrected chi connectivity index (χ2v) is 8.14. The summed E-state index contributed by atoms with van der Waals surface area (Å²) in [6.45, 7) is 2.38. The van der Waals surface area contributed by atoms with Crippen LogP contribution in [0.2, 0.25) is 0 Å². The van der Waals surface area contributed by atoms with Crippen LogP contribution in [-0.4, -0.2) is 39.8 Å². The van der Waals surface area contributed by atoms with Gasteiger partial charge in [-0.05, 0) is 42.8 Å². The fourth-order valence-corrected chi connectivity index (χ4v) is 4.04. The van der Waals surface area contributed by atoms with Gasteiger partial charge in [0.25, 0.3) is 0 Å². The average Bonchev–Trinajstić information content (AvgIpc) is 2.88. The number of aromatic carboxylic acids is 1. The topological polar surface area (TPSA) is 156 Å². The van der Waals surface area contributed by atoms with Crippen LogP contribution < -0.4 is 26.4 Å². The van der Waals surface area contributed by atoms with Crippen molar-refractivity contribution in [2.24, 2.45) is 0 Å². The molecule has 0 saturated carbocycles. The van der Waals surface area contributed by atoms with E-state index < -0.39 is 11.4 Å². The number of aromatic nitrogens is 3. The van der Waals surface area contributed by atoms with E-state index in [0.717, 1.165) is 5.56 Å². The highest BCUT2D eigenvalue weighted by Crippen LogP contribution is 2.33. The maximum absolute atomic E-state index is 12.8. The number of carbonyl (C=O) groups is 1. The predicted molar refractivity (Wildman–Crippen MR) is 147 cm³/mol. The average molecular weight is 536 g/mol. The Hall–Kier alpha value is -4.75. The molecule has 0 aliphatic carbocycles. The van der Waals surface area contributed by atoms with Gasteiger partial charge in [-0.25, -0.2) is 9.78 Å². The van der Waals surface area contributed by atoms with Crippen LogP contribution in [0.15, 0.2) is 47.5 Å². The molecule has 38 heavy (non-hydrogen) atoms. The number of carboxylic acids is 1. The number of pyridine rings is 1. The molecule has 10 nitrogen and oxygen atoms in total. The number of carboxylic acid groups (broad SMARTS) is 1. The number of nitrogens with two attached hydrogens (primary N) is 2. The summed E-state index contributed by atoms with van der Waals surface area (Å²) < 4.78 is 12.8. The van der Waals surface area contributed by atoms with Crippen molar-refractivity contribution in [3.05, 3.63) is 80.8 Å². The molecule has 0 fully saturated rings. The number of halogens is 1. The van der Waals surface area contributed by atoms with Crippen molar-refractivity contribution in [2.45, 2.75) is 19.9 Å². The summed E-state index contributed by atoms with van der Waals surface area (Å²) in [5, 5.41) is 9.73. The van der Waals surface area contributed by atoms with Crippen molar-refractivity contribution in [2.75, 3.05) is 25.7 Å². The minimum absolute atomic E-state index is 0. The van der Waals surface area contributed by atoms with Crippen LogP contribution in [0.3, 0.4) is 0 Å². The molecule has 2 aromatic heterocycles. The smallest absolute Gasteiger partial charge is 0.341 e. The monoisotopic (exact) mass is 535 g/mol. The summed E-state index contributed by atoms with van der Waals surface area (Å²) in [6, 6.07) is 8.80. The van der Waals surface area contributed by atoms with Gasteiger partial charge in [-0.3, -0.25) is 4.79 Å². The van der Waals surface area contributed by atoms with E-state index in [1.807, 2.05) is 19.1 Å². The molecule has 0 aliphatic rings. The molecule has 0 radical (unpaired) electrons. The fourth-order valence-electron chi connectivity index (χ4n) is 4.04. The van der Waals surface area contributed by atoms with Gasteiger partial charge in [-0.15, -0.1) is 12.4 Å². The zero-order valence-electron chi connectivity index (χ0n) is 20.9. The van der Waals surface area contributed by atoms with E-state index in [9.17, 15) is 14.7 Å². The van der Waals surface area contributed by atoms with E-state index in [1.54, 1.807) is 29.0 Å². The molecule has 5 N–H and O–H groups in total. The van der Waals surface area contributed by atoms with E-state index in [0.29, 0.717) is 46.7 Å². The van der Waals surface area contributed by atoms with Crippen molar-refractivity contribution in [1.82, 2.24) is 14.5 Å². The van der Waals surface area contributed by atoms with E-state index in [4.69, 9.17) is 20.9 Å². The van der Waals surface area contributed by atoms with Gasteiger partial charge in [-0.2, -0.15) is 4.98 Å². The van der Waals surface area contributed by atoms with Gasteiger partial charge in [0.2, 0.25) is 11.4 Å². The lowest BCUT2D eigenvalue weighted by Crippen LogP contribution is -2.18. The second-order valence-electron chi connectivity index (χ2n) is 8.14. The van der Waals surface area contributed by atoms with Gasteiger partial charge in [0, 0.05) is 41.9 Å². The lowest BCUT2D eigenvalue weighted by atomic mass is 10.0. The molecule has 2 aromatic carbocycles. The standard InChI is InChI=1S/C27H25N5O5.ClH/c1-4-32-14-20(26(34)35)23(33)19-11-15(6-8-21(19)32)5-7-17-9-16(12-22(36-2)24(17)37-3)10-18-13-30-27(29)31-25(18)28;/h6,8-9,11-14H,4,10H2,1-3H3,(H,34,35)(H4,28,29,30,31);1H. The van der Waals surface area contributed by atoms with E-state index in [1.165, 1.54) is 20.4 Å². The van der Waals surface area contributed by atoms with Gasteiger partial charge >= 0.3 is 5.97 Å². The molecule has 0 amide bonds. The zero-order valence-corrected chi connectivity index (χ0v) is 21.8. The molecule has 196 valence electrons. The molecular weight excluding hydrogens is 510 g/mol. The third-order valence-electron chi connectivity index (χ3n) is 5.84. The van der Waals surface area contributed by atoms with Crippen molar-refractivity contribution in [3.63, 3.8) is 0 Å². The van der Waals surface area contributed by atoms with Crippen molar-refractivity contribution in [3.8, 4) is 23.3 Å². The first-order valence-electron chi connectivity index (χ1n) is 11.3. The maximum atomic E-state index is 12.8. The lowest BCUT2D eigenvalue weighted by Gasteiger charge is -2.13. The zero-order chi connectivity index (χ0) is 26.7. The van der Waals surface area contributed by atoms with Gasteiger partial charge in [-0.1, -0.05) is 11.8 Å². The van der Waals surface area contributed by atoms with Crippen molar-refractivity contribution in [1.29, 1.82) is 0 Å². The summed E-state index contributed by atoms with van der Waals surface area (Å²) in [6.07, 6.45) is 3.34. The number of nitrogens with zero attached hydrogens (tertiary/aromatic N) is 3. The Bertz CT molecular complexity index is 1660. The third-order valence-corrected chi connectivity index (χ3v) is 5.84. The number of hydrogen-bond acceptors (Lipinski definition) is 8. The summed E-state index contributed by atoms with van der Waals surface area (Å²) in [5.74, 6) is 6.18. The number of benzene rings is 2. The Kier molecular flexibility index (Phi) is 8.45. The number of nitrogen functional groups attached to an aromatic ring is 2. The highest BCUT2D eigenvalue weighted by molar-refractivity contribution is 5.93. The number of hydrogen-bond donors (Lipinski definition) is 3. The van der Waals surface area contributed by atoms with Crippen LogP contribution in [-0.2, 0) is 13.0 Å². The quantitative estimate of drug-likeness (QED) is 0.316. The Morgan fingerprint density at radius 2 is 1.89 bits per heavy atom. The molecular formula is C27H26ClN5O5. The number of aryl methyl sites for hydroxylation is 1. The highest BCUT2D eigenvalue weighted by atomic mass is 35.5. The normalized spacial score (nSPS) is 10.3. The molecule has 2 heterocycles. The van der Waals surface area contributed by atoms with Crippen LogP contribution in [0, 0.1) is 11.8 Å². The van der Waals surface area contributed by atoms with Gasteiger partial charge < -0.3 is 30.6 Å². The molecule has 0 spiro atoms. The highest BCUT2D eigenvalue weighted by Gasteiger charge is 2.15. The van der Waals surface area contributed by atoms with Crippen LogP contribution in [0.4, 0.5) is 11.8 Å². The van der Waals surface area contributed by atoms with Crippen LogP contribution in [0.25, 0.3) is 10.9 Å². The molecule has 0 bridgehead atoms. The maximum Gasteiger partial charge on any atom is 0.341 e. The summed E-state index contributed by atoms with van der Waals surface area (Å²) >= 11 is 0. The molecule has 4 rings (SSSR count). The number of fused-ring (bicyclic) bond motifs is 1. The van der Waals surface area contributed by atoms with Crippen LogP contribution >= 0.6 is 12.4 Å². The first-order valence-corrected chi connectivity index (χ1v) is 11.3. The molecule has 0 atom stereocenters. The molecule has 0 aliphatic heterocycles. The Morgan fingerprint density at radius 1 is 1.13 bits per heavy atom. The lowest BCUT2D eigenvalue weighted by molar-refractivity contribution is 0.0695. The van der Waals surface area contributed by atoms with Gasteiger partial charge in [0.1, 0.15) is 11.4 Å². The van der Waals surface area contributed by atoms with Crippen molar-refractivity contribution < 1.29 is 19.4 Å². The van der Waals surface area contributed by atoms with Crippen LogP contribution in [0.5, 0.6) is 11.5 Å². The van der Waals surface area contributed by atoms with E-state index in [-0.39, 0.29) is 35.1 Å². The predicted octanol–water partition coefficient (Wildman–Crippen LogP) is 3.10. The SMILES string of the molecule is CCn1cc(C(=O)O)c(=O)c2cc(C#Cc3cc(Cc4cnc(N)nc4N)cc(OC)c3OC)ccc21.Cl.